The van der Waals surface area contributed by atoms with Crippen molar-refractivity contribution in [1.82, 2.24) is 4.98 Å². The standard InChI is InChI=1S/C19H20N2O2S/c1-14-5-3-6-15(11-14)13-23-18-16(7-4-8-17(18)22-2)12-21-19-20-9-10-24-19/h3-11H,12-13H2,1-2H3,(H,20,21). The van der Waals surface area contributed by atoms with Crippen molar-refractivity contribution in [2.24, 2.45) is 0 Å². The quantitative estimate of drug-likeness (QED) is 0.680. The van der Waals surface area contributed by atoms with Gasteiger partial charge >= 0.3 is 0 Å². The summed E-state index contributed by atoms with van der Waals surface area (Å²) in [7, 11) is 1.66. The van der Waals surface area contributed by atoms with Crippen molar-refractivity contribution >= 4 is 16.5 Å². The fraction of sp³-hybridized carbons (Fsp3) is 0.211. The lowest BCUT2D eigenvalue weighted by molar-refractivity contribution is 0.281. The SMILES string of the molecule is COc1cccc(CNc2nccs2)c1OCc1cccc(C)c1. The third-order valence-electron chi connectivity index (χ3n) is 3.61. The van der Waals surface area contributed by atoms with Gasteiger partial charge in [0.15, 0.2) is 16.6 Å². The molecule has 2 aromatic carbocycles. The van der Waals surface area contributed by atoms with Crippen LogP contribution in [0.5, 0.6) is 11.5 Å². The maximum atomic E-state index is 6.09. The lowest BCUT2D eigenvalue weighted by Gasteiger charge is -2.15. The summed E-state index contributed by atoms with van der Waals surface area (Å²) in [6.07, 6.45) is 1.79. The third kappa shape index (κ3) is 4.06. The van der Waals surface area contributed by atoms with E-state index >= 15 is 0 Å². The summed E-state index contributed by atoms with van der Waals surface area (Å²) in [5.41, 5.74) is 3.40. The highest BCUT2D eigenvalue weighted by atomic mass is 32.1. The summed E-state index contributed by atoms with van der Waals surface area (Å²) in [6, 6.07) is 14.2. The van der Waals surface area contributed by atoms with Crippen LogP contribution in [0.4, 0.5) is 5.13 Å². The van der Waals surface area contributed by atoms with Crippen molar-refractivity contribution in [2.45, 2.75) is 20.1 Å². The second kappa shape index (κ2) is 7.84. The molecule has 1 aromatic heterocycles. The summed E-state index contributed by atoms with van der Waals surface area (Å²) in [5.74, 6) is 1.51. The summed E-state index contributed by atoms with van der Waals surface area (Å²) in [6.45, 7) is 3.22. The van der Waals surface area contributed by atoms with Crippen LogP contribution in [-0.4, -0.2) is 12.1 Å². The van der Waals surface area contributed by atoms with E-state index in [1.54, 1.807) is 24.6 Å². The molecule has 0 fully saturated rings. The van der Waals surface area contributed by atoms with Crippen LogP contribution in [0.15, 0.2) is 54.0 Å². The molecule has 124 valence electrons. The molecule has 0 unspecified atom stereocenters. The van der Waals surface area contributed by atoms with E-state index in [2.05, 4.69) is 35.4 Å². The first-order valence-corrected chi connectivity index (χ1v) is 8.62. The Balaban J connectivity index is 1.76. The molecule has 24 heavy (non-hydrogen) atoms. The van der Waals surface area contributed by atoms with E-state index < -0.39 is 0 Å². The van der Waals surface area contributed by atoms with Gasteiger partial charge in [0, 0.05) is 23.7 Å². The molecule has 0 amide bonds. The molecule has 0 aliphatic rings. The van der Waals surface area contributed by atoms with Gasteiger partial charge in [-0.1, -0.05) is 42.0 Å². The fourth-order valence-electron chi connectivity index (χ4n) is 2.46. The van der Waals surface area contributed by atoms with Crippen molar-refractivity contribution in [1.29, 1.82) is 0 Å². The minimum Gasteiger partial charge on any atom is -0.493 e. The van der Waals surface area contributed by atoms with Crippen LogP contribution in [0.2, 0.25) is 0 Å². The number of ether oxygens (including phenoxy) is 2. The Bertz CT molecular complexity index is 788. The summed E-state index contributed by atoms with van der Waals surface area (Å²) in [4.78, 5) is 4.24. The van der Waals surface area contributed by atoms with Crippen molar-refractivity contribution in [3.8, 4) is 11.5 Å². The number of para-hydroxylation sites is 1. The van der Waals surface area contributed by atoms with Crippen LogP contribution in [0, 0.1) is 6.92 Å². The number of hydrogen-bond acceptors (Lipinski definition) is 5. The van der Waals surface area contributed by atoms with E-state index in [4.69, 9.17) is 9.47 Å². The molecular weight excluding hydrogens is 320 g/mol. The van der Waals surface area contributed by atoms with Crippen molar-refractivity contribution in [3.63, 3.8) is 0 Å². The Kier molecular flexibility index (Phi) is 5.33. The zero-order valence-electron chi connectivity index (χ0n) is 13.8. The highest BCUT2D eigenvalue weighted by Gasteiger charge is 2.11. The molecule has 0 aliphatic carbocycles. The molecule has 5 heteroatoms. The summed E-state index contributed by atoms with van der Waals surface area (Å²) >= 11 is 1.58. The Morgan fingerprint density at radius 3 is 2.79 bits per heavy atom. The topological polar surface area (TPSA) is 43.4 Å². The monoisotopic (exact) mass is 340 g/mol. The molecule has 0 atom stereocenters. The molecule has 0 aliphatic heterocycles. The minimum atomic E-state index is 0.506. The van der Waals surface area contributed by atoms with Crippen molar-refractivity contribution in [3.05, 3.63) is 70.7 Å². The van der Waals surface area contributed by atoms with Crippen LogP contribution < -0.4 is 14.8 Å². The van der Waals surface area contributed by atoms with Crippen LogP contribution in [-0.2, 0) is 13.2 Å². The highest BCUT2D eigenvalue weighted by molar-refractivity contribution is 7.13. The van der Waals surface area contributed by atoms with Gasteiger partial charge in [-0.05, 0) is 18.6 Å². The molecule has 0 saturated heterocycles. The van der Waals surface area contributed by atoms with E-state index in [1.807, 2.05) is 29.6 Å². The normalized spacial score (nSPS) is 10.4. The summed E-state index contributed by atoms with van der Waals surface area (Å²) in [5, 5.41) is 6.15. The largest absolute Gasteiger partial charge is 0.493 e. The summed E-state index contributed by atoms with van der Waals surface area (Å²) < 4.78 is 11.6. The molecule has 1 N–H and O–H groups in total. The first kappa shape index (κ1) is 16.3. The molecule has 0 saturated carbocycles. The van der Waals surface area contributed by atoms with Crippen LogP contribution >= 0.6 is 11.3 Å². The Morgan fingerprint density at radius 2 is 2.04 bits per heavy atom. The molecule has 3 aromatic rings. The van der Waals surface area contributed by atoms with Crippen LogP contribution in [0.3, 0.4) is 0 Å². The molecular formula is C19H20N2O2S. The maximum absolute atomic E-state index is 6.09. The Morgan fingerprint density at radius 1 is 1.17 bits per heavy atom. The van der Waals surface area contributed by atoms with E-state index in [0.717, 1.165) is 27.8 Å². The predicted octanol–water partition coefficient (Wildman–Crippen LogP) is 4.65. The number of rotatable bonds is 7. The van der Waals surface area contributed by atoms with Gasteiger partial charge in [-0.25, -0.2) is 4.98 Å². The number of aromatic nitrogens is 1. The lowest BCUT2D eigenvalue weighted by Crippen LogP contribution is -2.05. The smallest absolute Gasteiger partial charge is 0.182 e. The number of nitrogens with zero attached hydrogens (tertiary/aromatic N) is 1. The number of hydrogen-bond donors (Lipinski definition) is 1. The zero-order valence-corrected chi connectivity index (χ0v) is 14.6. The minimum absolute atomic E-state index is 0.506. The Hall–Kier alpha value is -2.53. The van der Waals surface area contributed by atoms with Gasteiger partial charge in [0.05, 0.1) is 7.11 Å². The zero-order chi connectivity index (χ0) is 16.8. The van der Waals surface area contributed by atoms with Gasteiger partial charge in [-0.3, -0.25) is 0 Å². The number of anilines is 1. The first-order chi connectivity index (χ1) is 11.8. The molecule has 0 bridgehead atoms. The number of aryl methyl sites for hydroxylation is 1. The highest BCUT2D eigenvalue weighted by Crippen LogP contribution is 2.32. The number of methoxy groups -OCH3 is 1. The fourth-order valence-corrected chi connectivity index (χ4v) is 2.99. The van der Waals surface area contributed by atoms with Crippen molar-refractivity contribution < 1.29 is 9.47 Å². The number of nitrogens with one attached hydrogen (secondary N) is 1. The van der Waals surface area contributed by atoms with Gasteiger partial charge in [0.25, 0.3) is 0 Å². The molecule has 1 heterocycles. The van der Waals surface area contributed by atoms with Gasteiger partial charge < -0.3 is 14.8 Å². The van der Waals surface area contributed by atoms with E-state index in [9.17, 15) is 0 Å². The van der Waals surface area contributed by atoms with Crippen LogP contribution in [0.1, 0.15) is 16.7 Å². The van der Waals surface area contributed by atoms with Gasteiger partial charge in [-0.2, -0.15) is 0 Å². The predicted molar refractivity (Wildman–Crippen MR) is 97.9 cm³/mol. The second-order valence-corrected chi connectivity index (χ2v) is 6.31. The van der Waals surface area contributed by atoms with Crippen molar-refractivity contribution in [2.75, 3.05) is 12.4 Å². The average Bonchev–Trinajstić information content (AvgIpc) is 3.12. The number of benzene rings is 2. The number of thiazole rings is 1. The van der Waals surface area contributed by atoms with E-state index in [0.29, 0.717) is 13.2 Å². The van der Waals surface area contributed by atoms with Gasteiger partial charge in [-0.15, -0.1) is 11.3 Å². The Labute approximate surface area is 146 Å². The molecule has 0 spiro atoms. The van der Waals surface area contributed by atoms with Gasteiger partial charge in [0.1, 0.15) is 6.61 Å². The maximum Gasteiger partial charge on any atom is 0.182 e. The lowest BCUT2D eigenvalue weighted by atomic mass is 10.1. The van der Waals surface area contributed by atoms with E-state index in [1.165, 1.54) is 5.56 Å². The molecule has 0 radical (unpaired) electrons. The first-order valence-electron chi connectivity index (χ1n) is 7.74. The average molecular weight is 340 g/mol. The molecule has 3 rings (SSSR count). The molecule has 4 nitrogen and oxygen atoms in total. The second-order valence-electron chi connectivity index (χ2n) is 5.42. The van der Waals surface area contributed by atoms with Crippen LogP contribution in [0.25, 0.3) is 0 Å². The van der Waals surface area contributed by atoms with Gasteiger partial charge in [0.2, 0.25) is 0 Å². The third-order valence-corrected chi connectivity index (χ3v) is 4.34. The van der Waals surface area contributed by atoms with E-state index in [-0.39, 0.29) is 0 Å².